The molecule has 1 aromatic carbocycles. The molecule has 17 heavy (non-hydrogen) atoms. The molecule has 1 unspecified atom stereocenters. The molecule has 0 heterocycles. The van der Waals surface area contributed by atoms with E-state index in [4.69, 9.17) is 5.73 Å². The first-order valence-electron chi connectivity index (χ1n) is 5.75. The number of aromatic hydroxyl groups is 1. The lowest BCUT2D eigenvalue weighted by Gasteiger charge is -2.19. The van der Waals surface area contributed by atoms with Crippen molar-refractivity contribution in [3.8, 4) is 5.75 Å². The average molecular weight is 236 g/mol. The third-order valence-corrected chi connectivity index (χ3v) is 2.68. The van der Waals surface area contributed by atoms with E-state index in [2.05, 4.69) is 0 Å². The second-order valence-corrected chi connectivity index (χ2v) is 4.46. The maximum Gasteiger partial charge on any atom is 0.222 e. The van der Waals surface area contributed by atoms with Crippen LogP contribution in [0.15, 0.2) is 24.3 Å². The zero-order valence-corrected chi connectivity index (χ0v) is 10.4. The van der Waals surface area contributed by atoms with E-state index in [1.807, 2.05) is 13.0 Å². The molecule has 1 atom stereocenters. The lowest BCUT2D eigenvalue weighted by atomic mass is 10.1. The Morgan fingerprint density at radius 3 is 2.82 bits per heavy atom. The number of phenols is 1. The van der Waals surface area contributed by atoms with E-state index in [0.29, 0.717) is 19.5 Å². The van der Waals surface area contributed by atoms with Crippen molar-refractivity contribution in [1.29, 1.82) is 0 Å². The van der Waals surface area contributed by atoms with Gasteiger partial charge in [-0.15, -0.1) is 0 Å². The molecule has 0 aliphatic rings. The van der Waals surface area contributed by atoms with E-state index in [9.17, 15) is 9.90 Å². The molecule has 0 aliphatic carbocycles. The minimum absolute atomic E-state index is 0.0753. The highest BCUT2D eigenvalue weighted by atomic mass is 16.3. The number of phenolic OH excluding ortho intramolecular Hbond substituents is 1. The fourth-order valence-corrected chi connectivity index (χ4v) is 1.55. The van der Waals surface area contributed by atoms with Crippen molar-refractivity contribution in [3.63, 3.8) is 0 Å². The first-order chi connectivity index (χ1) is 8.02. The number of nitrogens with zero attached hydrogens (tertiary/aromatic N) is 1. The molecule has 0 bridgehead atoms. The van der Waals surface area contributed by atoms with E-state index in [1.165, 1.54) is 0 Å². The Morgan fingerprint density at radius 1 is 1.53 bits per heavy atom. The van der Waals surface area contributed by atoms with Crippen LogP contribution in [0.3, 0.4) is 0 Å². The largest absolute Gasteiger partial charge is 0.508 e. The summed E-state index contributed by atoms with van der Waals surface area (Å²) < 4.78 is 0. The normalized spacial score (nSPS) is 12.2. The molecule has 0 spiro atoms. The van der Waals surface area contributed by atoms with Gasteiger partial charge in [-0.25, -0.2) is 0 Å². The predicted molar refractivity (Wildman–Crippen MR) is 67.4 cm³/mol. The van der Waals surface area contributed by atoms with Gasteiger partial charge in [0, 0.05) is 20.0 Å². The minimum atomic E-state index is 0.0753. The van der Waals surface area contributed by atoms with Crippen molar-refractivity contribution >= 4 is 5.91 Å². The van der Waals surface area contributed by atoms with E-state index >= 15 is 0 Å². The van der Waals surface area contributed by atoms with Crippen LogP contribution in [-0.4, -0.2) is 29.5 Å². The molecule has 0 saturated heterocycles. The van der Waals surface area contributed by atoms with Gasteiger partial charge in [0.25, 0.3) is 0 Å². The van der Waals surface area contributed by atoms with Crippen LogP contribution in [0.2, 0.25) is 0 Å². The monoisotopic (exact) mass is 236 g/mol. The number of benzene rings is 1. The van der Waals surface area contributed by atoms with Gasteiger partial charge >= 0.3 is 0 Å². The summed E-state index contributed by atoms with van der Waals surface area (Å²) in [4.78, 5) is 13.5. The smallest absolute Gasteiger partial charge is 0.222 e. The molecule has 1 aromatic rings. The first-order valence-corrected chi connectivity index (χ1v) is 5.75. The number of nitrogens with two attached hydrogens (primary N) is 1. The topological polar surface area (TPSA) is 66.6 Å². The fourth-order valence-electron chi connectivity index (χ4n) is 1.55. The molecule has 4 nitrogen and oxygen atoms in total. The van der Waals surface area contributed by atoms with Crippen molar-refractivity contribution in [3.05, 3.63) is 29.8 Å². The first kappa shape index (κ1) is 13.5. The summed E-state index contributed by atoms with van der Waals surface area (Å²) in [6.07, 6.45) is 0.464. The van der Waals surface area contributed by atoms with Crippen LogP contribution in [-0.2, 0) is 11.3 Å². The number of hydrogen-bond donors (Lipinski definition) is 2. The second kappa shape index (κ2) is 6.25. The highest BCUT2D eigenvalue weighted by molar-refractivity contribution is 5.76. The average Bonchev–Trinajstić information content (AvgIpc) is 2.28. The summed E-state index contributed by atoms with van der Waals surface area (Å²) in [6, 6.07) is 6.93. The van der Waals surface area contributed by atoms with Gasteiger partial charge in [0.2, 0.25) is 5.91 Å². The summed E-state index contributed by atoms with van der Waals surface area (Å²) in [5, 5.41) is 9.33. The van der Waals surface area contributed by atoms with Crippen LogP contribution in [0.1, 0.15) is 18.9 Å². The Hall–Kier alpha value is -1.55. The molecular formula is C13H20N2O2. The van der Waals surface area contributed by atoms with Crippen molar-refractivity contribution < 1.29 is 9.90 Å². The van der Waals surface area contributed by atoms with Crippen molar-refractivity contribution in [2.24, 2.45) is 11.7 Å². The SMILES string of the molecule is CC(CN)CC(=O)N(C)Cc1cccc(O)c1. The summed E-state index contributed by atoms with van der Waals surface area (Å²) in [5.74, 6) is 0.499. The molecule has 1 amide bonds. The Morgan fingerprint density at radius 2 is 2.24 bits per heavy atom. The molecule has 4 heteroatoms. The third kappa shape index (κ3) is 4.44. The maximum atomic E-state index is 11.8. The van der Waals surface area contributed by atoms with Crippen molar-refractivity contribution in [2.75, 3.05) is 13.6 Å². The molecule has 3 N–H and O–H groups in total. The number of hydrogen-bond acceptors (Lipinski definition) is 3. The number of amides is 1. The minimum Gasteiger partial charge on any atom is -0.508 e. The Balaban J connectivity index is 2.54. The zero-order valence-electron chi connectivity index (χ0n) is 10.4. The van der Waals surface area contributed by atoms with Gasteiger partial charge in [0.05, 0.1) is 0 Å². The zero-order chi connectivity index (χ0) is 12.8. The summed E-state index contributed by atoms with van der Waals surface area (Å²) in [5.41, 5.74) is 6.41. The standard InChI is InChI=1S/C13H20N2O2/c1-10(8-14)6-13(17)15(2)9-11-4-3-5-12(16)7-11/h3-5,7,10,16H,6,8-9,14H2,1-2H3. The van der Waals surface area contributed by atoms with Gasteiger partial charge in [0.15, 0.2) is 0 Å². The number of carbonyl (C=O) groups excluding carboxylic acids is 1. The number of rotatable bonds is 5. The quantitative estimate of drug-likeness (QED) is 0.810. The predicted octanol–water partition coefficient (Wildman–Crippen LogP) is 1.34. The maximum absolute atomic E-state index is 11.8. The van der Waals surface area contributed by atoms with Crippen LogP contribution in [0.4, 0.5) is 0 Å². The van der Waals surface area contributed by atoms with Crippen LogP contribution >= 0.6 is 0 Å². The highest BCUT2D eigenvalue weighted by Gasteiger charge is 2.12. The fraction of sp³-hybridized carbons (Fsp3) is 0.462. The van der Waals surface area contributed by atoms with Crippen LogP contribution in [0.5, 0.6) is 5.75 Å². The van der Waals surface area contributed by atoms with Crippen molar-refractivity contribution in [1.82, 2.24) is 4.90 Å². The lowest BCUT2D eigenvalue weighted by molar-refractivity contribution is -0.131. The summed E-state index contributed by atoms with van der Waals surface area (Å²) in [6.45, 7) is 2.98. The van der Waals surface area contributed by atoms with Gasteiger partial charge in [-0.2, -0.15) is 0 Å². The lowest BCUT2D eigenvalue weighted by Crippen LogP contribution is -2.29. The molecule has 94 valence electrons. The summed E-state index contributed by atoms with van der Waals surface area (Å²) >= 11 is 0. The van der Waals surface area contributed by atoms with Gasteiger partial charge in [-0.05, 0) is 30.2 Å². The van der Waals surface area contributed by atoms with Crippen LogP contribution in [0.25, 0.3) is 0 Å². The van der Waals surface area contributed by atoms with Crippen LogP contribution in [0, 0.1) is 5.92 Å². The molecule has 0 radical (unpaired) electrons. The van der Waals surface area contributed by atoms with Gasteiger partial charge in [-0.1, -0.05) is 19.1 Å². The van der Waals surface area contributed by atoms with E-state index in [0.717, 1.165) is 5.56 Å². The van der Waals surface area contributed by atoms with E-state index in [-0.39, 0.29) is 17.6 Å². The second-order valence-electron chi connectivity index (χ2n) is 4.46. The Labute approximate surface area is 102 Å². The number of carbonyl (C=O) groups is 1. The molecule has 0 saturated carbocycles. The molecule has 0 aliphatic heterocycles. The molecule has 0 aromatic heterocycles. The van der Waals surface area contributed by atoms with E-state index < -0.39 is 0 Å². The molecule has 0 fully saturated rings. The van der Waals surface area contributed by atoms with Gasteiger partial charge < -0.3 is 15.7 Å². The Kier molecular flexibility index (Phi) is 4.97. The summed E-state index contributed by atoms with van der Waals surface area (Å²) in [7, 11) is 1.76. The Bertz CT molecular complexity index is 379. The van der Waals surface area contributed by atoms with Gasteiger partial charge in [-0.3, -0.25) is 4.79 Å². The molecule has 1 rings (SSSR count). The van der Waals surface area contributed by atoms with Crippen LogP contribution < -0.4 is 5.73 Å². The third-order valence-electron chi connectivity index (χ3n) is 2.68. The molecular weight excluding hydrogens is 216 g/mol. The van der Waals surface area contributed by atoms with E-state index in [1.54, 1.807) is 30.1 Å². The van der Waals surface area contributed by atoms with Crippen molar-refractivity contribution in [2.45, 2.75) is 19.9 Å². The van der Waals surface area contributed by atoms with Gasteiger partial charge in [0.1, 0.15) is 5.75 Å². The highest BCUT2D eigenvalue weighted by Crippen LogP contribution is 2.13.